The van der Waals surface area contributed by atoms with Crippen LogP contribution in [0.5, 0.6) is 5.88 Å². The Morgan fingerprint density at radius 3 is 2.52 bits per heavy atom. The van der Waals surface area contributed by atoms with Crippen molar-refractivity contribution in [2.24, 2.45) is 0 Å². The van der Waals surface area contributed by atoms with E-state index >= 15 is 0 Å². The molecule has 2 heterocycles. The van der Waals surface area contributed by atoms with Gasteiger partial charge in [0.2, 0.25) is 5.88 Å². The Morgan fingerprint density at radius 2 is 1.68 bits per heavy atom. The van der Waals surface area contributed by atoms with Crippen LogP contribution in [0.4, 0.5) is 0 Å². The van der Waals surface area contributed by atoms with Gasteiger partial charge in [-0.1, -0.05) is 55.6 Å². The molecule has 25 heavy (non-hydrogen) atoms. The number of H-pyrrole nitrogens is 1. The van der Waals surface area contributed by atoms with Gasteiger partial charge in [0, 0.05) is 18.0 Å². The van der Waals surface area contributed by atoms with Crippen LogP contribution in [0.3, 0.4) is 0 Å². The van der Waals surface area contributed by atoms with Gasteiger partial charge in [0.25, 0.3) is 0 Å². The van der Waals surface area contributed by atoms with E-state index in [4.69, 9.17) is 4.74 Å². The highest BCUT2D eigenvalue weighted by Crippen LogP contribution is 2.20. The monoisotopic (exact) mass is 355 g/mol. The van der Waals surface area contributed by atoms with Crippen molar-refractivity contribution in [3.8, 4) is 5.88 Å². The first-order valence-corrected chi connectivity index (χ1v) is 10.0. The van der Waals surface area contributed by atoms with Gasteiger partial charge in [0.05, 0.1) is 17.6 Å². The molecular weight excluding hydrogens is 330 g/mol. The Labute approximate surface area is 153 Å². The van der Waals surface area contributed by atoms with E-state index in [1.807, 2.05) is 48.2 Å². The molecule has 0 radical (unpaired) electrons. The van der Waals surface area contributed by atoms with Gasteiger partial charge in [-0.3, -0.25) is 0 Å². The minimum absolute atomic E-state index is 0.727. The maximum absolute atomic E-state index is 5.60. The number of pyridine rings is 1. The molecule has 0 aliphatic heterocycles. The van der Waals surface area contributed by atoms with E-state index in [2.05, 4.69) is 21.0 Å². The van der Waals surface area contributed by atoms with Gasteiger partial charge in [-0.25, -0.2) is 9.97 Å². The normalized spacial score (nSPS) is 11.0. The summed E-state index contributed by atoms with van der Waals surface area (Å²) in [5, 5.41) is 1.04. The molecular formula is C20H25N3OS. The molecule has 1 N–H and O–H groups in total. The fourth-order valence-electron chi connectivity index (χ4n) is 2.69. The van der Waals surface area contributed by atoms with Crippen molar-refractivity contribution in [2.45, 2.75) is 43.7 Å². The molecule has 0 saturated carbocycles. The molecule has 0 aliphatic rings. The van der Waals surface area contributed by atoms with Gasteiger partial charge in [-0.2, -0.15) is 0 Å². The second-order valence-corrected chi connectivity index (χ2v) is 7.13. The summed E-state index contributed by atoms with van der Waals surface area (Å²) in [6.07, 6.45) is 9.19. The van der Waals surface area contributed by atoms with E-state index in [0.717, 1.165) is 40.9 Å². The third-order valence-electron chi connectivity index (χ3n) is 4.03. The average Bonchev–Trinajstić information content (AvgIpc) is 3.07. The number of rotatable bonds is 11. The Balaban J connectivity index is 1.18. The molecule has 4 nitrogen and oxygen atoms in total. The molecule has 1 aromatic carbocycles. The second-order valence-electron chi connectivity index (χ2n) is 6.05. The molecule has 0 amide bonds. The number of nitrogens with zero attached hydrogens (tertiary/aromatic N) is 2. The van der Waals surface area contributed by atoms with E-state index in [9.17, 15) is 0 Å². The fraction of sp³-hybridized carbons (Fsp3) is 0.400. The number of fused-ring (bicyclic) bond motifs is 1. The van der Waals surface area contributed by atoms with Crippen LogP contribution >= 0.6 is 11.8 Å². The maximum atomic E-state index is 5.60. The highest BCUT2D eigenvalue weighted by Gasteiger charge is 2.02. The molecule has 2 aromatic heterocycles. The molecule has 0 unspecified atom stereocenters. The lowest BCUT2D eigenvalue weighted by molar-refractivity contribution is 0.293. The summed E-state index contributed by atoms with van der Waals surface area (Å²) in [5.74, 6) is 1.85. The van der Waals surface area contributed by atoms with Crippen molar-refractivity contribution in [3.63, 3.8) is 0 Å². The van der Waals surface area contributed by atoms with Crippen LogP contribution < -0.4 is 4.74 Å². The summed E-state index contributed by atoms with van der Waals surface area (Å²) in [5.41, 5.74) is 2.18. The Morgan fingerprint density at radius 1 is 0.880 bits per heavy atom. The minimum atomic E-state index is 0.727. The number of aromatic amines is 1. The summed E-state index contributed by atoms with van der Waals surface area (Å²) in [6, 6.07) is 13.9. The molecule has 0 bridgehead atoms. The molecule has 0 fully saturated rings. The first-order valence-electron chi connectivity index (χ1n) is 9.03. The van der Waals surface area contributed by atoms with Crippen molar-refractivity contribution >= 4 is 22.8 Å². The third kappa shape index (κ3) is 6.09. The van der Waals surface area contributed by atoms with E-state index in [0.29, 0.717) is 0 Å². The quantitative estimate of drug-likeness (QED) is 0.366. The van der Waals surface area contributed by atoms with E-state index in [1.165, 1.54) is 32.1 Å². The molecule has 3 rings (SSSR count). The summed E-state index contributed by atoms with van der Waals surface area (Å²) in [4.78, 5) is 12.1. The van der Waals surface area contributed by atoms with Gasteiger partial charge in [0.15, 0.2) is 5.16 Å². The van der Waals surface area contributed by atoms with Crippen LogP contribution in [-0.4, -0.2) is 27.3 Å². The molecule has 5 heteroatoms. The summed E-state index contributed by atoms with van der Waals surface area (Å²) in [6.45, 7) is 0.763. The average molecular weight is 356 g/mol. The third-order valence-corrected chi connectivity index (χ3v) is 4.99. The Kier molecular flexibility index (Phi) is 7.18. The van der Waals surface area contributed by atoms with Gasteiger partial charge in [-0.15, -0.1) is 0 Å². The van der Waals surface area contributed by atoms with Crippen LogP contribution in [0, 0.1) is 0 Å². The predicted molar refractivity (Wildman–Crippen MR) is 104 cm³/mol. The van der Waals surface area contributed by atoms with Crippen LogP contribution in [0.1, 0.15) is 38.5 Å². The number of imidazole rings is 1. The maximum Gasteiger partial charge on any atom is 0.213 e. The predicted octanol–water partition coefficient (Wildman–Crippen LogP) is 5.47. The molecule has 3 aromatic rings. The standard InChI is InChI=1S/C20H25N3OS/c1(3-9-15-24-19-13-7-8-14-21-19)2-4-10-16-25-20-22-17-11-5-6-12-18(17)23-20/h5-8,11-14H,1-4,9-10,15-16H2,(H,22,23). The summed E-state index contributed by atoms with van der Waals surface area (Å²) < 4.78 is 5.60. The SMILES string of the molecule is c1ccc(OCCCCCCCCSc2nc3ccccc3[nH]2)nc1. The lowest BCUT2D eigenvalue weighted by atomic mass is 10.1. The number of aromatic nitrogens is 3. The van der Waals surface area contributed by atoms with Crippen molar-refractivity contribution < 1.29 is 4.74 Å². The molecule has 0 saturated heterocycles. The van der Waals surface area contributed by atoms with Crippen molar-refractivity contribution in [1.82, 2.24) is 15.0 Å². The van der Waals surface area contributed by atoms with Gasteiger partial charge < -0.3 is 9.72 Å². The number of nitrogens with one attached hydrogen (secondary N) is 1. The van der Waals surface area contributed by atoms with Crippen molar-refractivity contribution in [1.29, 1.82) is 0 Å². The number of ether oxygens (including phenoxy) is 1. The fourth-order valence-corrected chi connectivity index (χ4v) is 3.57. The first kappa shape index (κ1) is 17.8. The Bertz CT molecular complexity index is 712. The van der Waals surface area contributed by atoms with Gasteiger partial charge >= 0.3 is 0 Å². The zero-order chi connectivity index (χ0) is 17.2. The van der Waals surface area contributed by atoms with Crippen molar-refractivity contribution in [3.05, 3.63) is 48.7 Å². The second kappa shape index (κ2) is 10.1. The van der Waals surface area contributed by atoms with Crippen LogP contribution in [-0.2, 0) is 0 Å². The minimum Gasteiger partial charge on any atom is -0.478 e. The molecule has 0 spiro atoms. The lowest BCUT2D eigenvalue weighted by Crippen LogP contribution is -1.98. The largest absolute Gasteiger partial charge is 0.478 e. The zero-order valence-electron chi connectivity index (χ0n) is 14.5. The smallest absolute Gasteiger partial charge is 0.213 e. The number of unbranched alkanes of at least 4 members (excludes halogenated alkanes) is 5. The van der Waals surface area contributed by atoms with Crippen molar-refractivity contribution in [2.75, 3.05) is 12.4 Å². The number of benzene rings is 1. The highest BCUT2D eigenvalue weighted by molar-refractivity contribution is 7.99. The van der Waals surface area contributed by atoms with E-state index < -0.39 is 0 Å². The van der Waals surface area contributed by atoms with Gasteiger partial charge in [-0.05, 0) is 31.0 Å². The number of para-hydroxylation sites is 2. The number of hydrogen-bond acceptors (Lipinski definition) is 4. The van der Waals surface area contributed by atoms with Gasteiger partial charge in [0.1, 0.15) is 0 Å². The molecule has 0 atom stereocenters. The number of thioether (sulfide) groups is 1. The summed E-state index contributed by atoms with van der Waals surface area (Å²) in [7, 11) is 0. The summed E-state index contributed by atoms with van der Waals surface area (Å²) >= 11 is 1.82. The van der Waals surface area contributed by atoms with Crippen LogP contribution in [0.15, 0.2) is 53.8 Å². The lowest BCUT2D eigenvalue weighted by Gasteiger charge is -2.04. The molecule has 132 valence electrons. The number of hydrogen-bond donors (Lipinski definition) is 1. The van der Waals surface area contributed by atoms with E-state index in [1.54, 1.807) is 6.20 Å². The topological polar surface area (TPSA) is 50.8 Å². The van der Waals surface area contributed by atoms with E-state index in [-0.39, 0.29) is 0 Å². The van der Waals surface area contributed by atoms with Crippen LogP contribution in [0.25, 0.3) is 11.0 Å². The molecule has 0 aliphatic carbocycles. The Hall–Kier alpha value is -2.01. The van der Waals surface area contributed by atoms with Crippen LogP contribution in [0.2, 0.25) is 0 Å². The highest BCUT2D eigenvalue weighted by atomic mass is 32.2. The first-order chi connectivity index (χ1) is 12.4. The zero-order valence-corrected chi connectivity index (χ0v) is 15.3.